The van der Waals surface area contributed by atoms with Crippen molar-refractivity contribution in [3.63, 3.8) is 0 Å². The van der Waals surface area contributed by atoms with Crippen LogP contribution < -0.4 is 11.1 Å². The molecular formula is C8H14N2OS. The Morgan fingerprint density at radius 3 is 3.00 bits per heavy atom. The number of nitrogens with two attached hydrogens (primary N) is 1. The lowest BCUT2D eigenvalue weighted by Gasteiger charge is -1.99. The number of rotatable bonds is 5. The SMILES string of the molecule is CSCCNCc1ccc(N)o1. The molecule has 0 aliphatic rings. The first-order valence-electron chi connectivity index (χ1n) is 3.87. The average molecular weight is 186 g/mol. The number of hydrogen-bond acceptors (Lipinski definition) is 4. The van der Waals surface area contributed by atoms with Gasteiger partial charge < -0.3 is 15.5 Å². The molecule has 3 nitrogen and oxygen atoms in total. The van der Waals surface area contributed by atoms with E-state index in [9.17, 15) is 0 Å². The highest BCUT2D eigenvalue weighted by Crippen LogP contribution is 2.08. The van der Waals surface area contributed by atoms with Crippen LogP contribution in [0.4, 0.5) is 5.88 Å². The van der Waals surface area contributed by atoms with Crippen LogP contribution in [0, 0.1) is 0 Å². The summed E-state index contributed by atoms with van der Waals surface area (Å²) in [4.78, 5) is 0. The normalized spacial score (nSPS) is 10.4. The molecule has 1 heterocycles. The van der Waals surface area contributed by atoms with Crippen molar-refractivity contribution in [3.05, 3.63) is 17.9 Å². The third kappa shape index (κ3) is 3.19. The molecule has 68 valence electrons. The van der Waals surface area contributed by atoms with Gasteiger partial charge in [-0.3, -0.25) is 0 Å². The van der Waals surface area contributed by atoms with E-state index < -0.39 is 0 Å². The molecule has 0 aliphatic carbocycles. The molecular weight excluding hydrogens is 172 g/mol. The molecule has 0 radical (unpaired) electrons. The van der Waals surface area contributed by atoms with Crippen LogP contribution in [0.15, 0.2) is 16.5 Å². The van der Waals surface area contributed by atoms with E-state index in [0.717, 1.165) is 24.6 Å². The molecule has 0 saturated heterocycles. The first kappa shape index (κ1) is 9.48. The molecule has 0 aromatic carbocycles. The quantitative estimate of drug-likeness (QED) is 0.681. The first-order valence-corrected chi connectivity index (χ1v) is 5.26. The van der Waals surface area contributed by atoms with E-state index in [1.807, 2.05) is 17.8 Å². The molecule has 0 amide bonds. The van der Waals surface area contributed by atoms with Gasteiger partial charge in [-0.25, -0.2) is 0 Å². The van der Waals surface area contributed by atoms with Crippen LogP contribution in [0.2, 0.25) is 0 Å². The Kier molecular flexibility index (Phi) is 4.04. The van der Waals surface area contributed by atoms with E-state index in [1.165, 1.54) is 0 Å². The van der Waals surface area contributed by atoms with Crippen LogP contribution in [-0.4, -0.2) is 18.6 Å². The van der Waals surface area contributed by atoms with Crippen LogP contribution in [0.5, 0.6) is 0 Å². The van der Waals surface area contributed by atoms with Gasteiger partial charge in [0.25, 0.3) is 0 Å². The van der Waals surface area contributed by atoms with E-state index >= 15 is 0 Å². The molecule has 1 aromatic rings. The third-order valence-electron chi connectivity index (χ3n) is 1.46. The van der Waals surface area contributed by atoms with Gasteiger partial charge in [-0.15, -0.1) is 0 Å². The van der Waals surface area contributed by atoms with Gasteiger partial charge in [-0.05, 0) is 12.3 Å². The summed E-state index contributed by atoms with van der Waals surface area (Å²) in [5, 5.41) is 3.25. The van der Waals surface area contributed by atoms with Crippen molar-refractivity contribution >= 4 is 17.6 Å². The summed E-state index contributed by atoms with van der Waals surface area (Å²) >= 11 is 1.82. The molecule has 0 fully saturated rings. The summed E-state index contributed by atoms with van der Waals surface area (Å²) < 4.78 is 5.17. The minimum absolute atomic E-state index is 0.483. The van der Waals surface area contributed by atoms with E-state index in [-0.39, 0.29) is 0 Å². The maximum Gasteiger partial charge on any atom is 0.190 e. The van der Waals surface area contributed by atoms with E-state index in [2.05, 4.69) is 11.6 Å². The highest BCUT2D eigenvalue weighted by molar-refractivity contribution is 7.98. The average Bonchev–Trinajstić information content (AvgIpc) is 2.45. The molecule has 0 unspecified atom stereocenters. The van der Waals surface area contributed by atoms with Crippen molar-refractivity contribution in [1.82, 2.24) is 5.32 Å². The smallest absolute Gasteiger partial charge is 0.190 e. The van der Waals surface area contributed by atoms with E-state index in [1.54, 1.807) is 6.07 Å². The standard InChI is InChI=1S/C8H14N2OS/c1-12-5-4-10-6-7-2-3-8(9)11-7/h2-3,10H,4-6,9H2,1H3. The minimum Gasteiger partial charge on any atom is -0.445 e. The third-order valence-corrected chi connectivity index (χ3v) is 2.08. The zero-order chi connectivity index (χ0) is 8.81. The van der Waals surface area contributed by atoms with Crippen LogP contribution in [0.3, 0.4) is 0 Å². The summed E-state index contributed by atoms with van der Waals surface area (Å²) in [6, 6.07) is 3.66. The lowest BCUT2D eigenvalue weighted by atomic mass is 10.4. The van der Waals surface area contributed by atoms with Crippen molar-refractivity contribution in [1.29, 1.82) is 0 Å². The predicted octanol–water partition coefficient (Wildman–Crippen LogP) is 1.31. The van der Waals surface area contributed by atoms with Gasteiger partial charge in [0, 0.05) is 18.4 Å². The number of hydrogen-bond donors (Lipinski definition) is 2. The second kappa shape index (κ2) is 5.11. The molecule has 0 spiro atoms. The topological polar surface area (TPSA) is 51.2 Å². The fourth-order valence-corrected chi connectivity index (χ4v) is 1.22. The summed E-state index contributed by atoms with van der Waals surface area (Å²) in [6.07, 6.45) is 2.09. The summed E-state index contributed by atoms with van der Waals surface area (Å²) in [5.41, 5.74) is 5.41. The highest BCUT2D eigenvalue weighted by Gasteiger charge is 1.96. The van der Waals surface area contributed by atoms with Crippen molar-refractivity contribution in [3.8, 4) is 0 Å². The van der Waals surface area contributed by atoms with Gasteiger partial charge in [0.05, 0.1) is 6.54 Å². The monoisotopic (exact) mass is 186 g/mol. The van der Waals surface area contributed by atoms with Gasteiger partial charge in [0.2, 0.25) is 0 Å². The van der Waals surface area contributed by atoms with Crippen molar-refractivity contribution < 1.29 is 4.42 Å². The molecule has 1 rings (SSSR count). The predicted molar refractivity (Wildman–Crippen MR) is 53.2 cm³/mol. The number of nitrogens with one attached hydrogen (secondary N) is 1. The molecule has 1 aromatic heterocycles. The summed E-state index contributed by atoms with van der Waals surface area (Å²) in [6.45, 7) is 1.76. The fraction of sp³-hybridized carbons (Fsp3) is 0.500. The number of furan rings is 1. The van der Waals surface area contributed by atoms with Crippen LogP contribution in [0.1, 0.15) is 5.76 Å². The molecule has 12 heavy (non-hydrogen) atoms. The second-order valence-corrected chi connectivity index (χ2v) is 3.46. The molecule has 4 heteroatoms. The lowest BCUT2D eigenvalue weighted by Crippen LogP contribution is -2.15. The van der Waals surface area contributed by atoms with Gasteiger partial charge in [0.15, 0.2) is 5.88 Å². The van der Waals surface area contributed by atoms with Crippen molar-refractivity contribution in [2.24, 2.45) is 0 Å². The molecule has 0 saturated carbocycles. The van der Waals surface area contributed by atoms with Crippen molar-refractivity contribution in [2.75, 3.05) is 24.3 Å². The lowest BCUT2D eigenvalue weighted by molar-refractivity contribution is 0.503. The van der Waals surface area contributed by atoms with Gasteiger partial charge >= 0.3 is 0 Å². The molecule has 0 atom stereocenters. The Morgan fingerprint density at radius 2 is 2.42 bits per heavy atom. The Morgan fingerprint density at radius 1 is 1.58 bits per heavy atom. The fourth-order valence-electron chi connectivity index (χ4n) is 0.875. The highest BCUT2D eigenvalue weighted by atomic mass is 32.2. The minimum atomic E-state index is 0.483. The number of anilines is 1. The second-order valence-electron chi connectivity index (χ2n) is 2.47. The van der Waals surface area contributed by atoms with Crippen LogP contribution in [0.25, 0.3) is 0 Å². The Labute approximate surface area is 76.7 Å². The van der Waals surface area contributed by atoms with Gasteiger partial charge in [0.1, 0.15) is 5.76 Å². The molecule has 0 bridgehead atoms. The first-order chi connectivity index (χ1) is 5.83. The summed E-state index contributed by atoms with van der Waals surface area (Å²) in [5.74, 6) is 2.50. The Balaban J connectivity index is 2.15. The van der Waals surface area contributed by atoms with Gasteiger partial charge in [-0.2, -0.15) is 11.8 Å². The molecule has 3 N–H and O–H groups in total. The zero-order valence-electron chi connectivity index (χ0n) is 7.17. The van der Waals surface area contributed by atoms with Gasteiger partial charge in [-0.1, -0.05) is 0 Å². The van der Waals surface area contributed by atoms with Crippen molar-refractivity contribution in [2.45, 2.75) is 6.54 Å². The van der Waals surface area contributed by atoms with Crippen LogP contribution >= 0.6 is 11.8 Å². The molecule has 0 aliphatic heterocycles. The maximum atomic E-state index is 5.41. The van der Waals surface area contributed by atoms with E-state index in [4.69, 9.17) is 10.2 Å². The summed E-state index contributed by atoms with van der Waals surface area (Å²) in [7, 11) is 0. The Bertz CT molecular complexity index is 225. The zero-order valence-corrected chi connectivity index (χ0v) is 7.99. The Hall–Kier alpha value is -0.610. The van der Waals surface area contributed by atoms with Crippen LogP contribution in [-0.2, 0) is 6.54 Å². The van der Waals surface area contributed by atoms with E-state index in [0.29, 0.717) is 5.88 Å². The maximum absolute atomic E-state index is 5.41. The largest absolute Gasteiger partial charge is 0.445 e. The number of nitrogen functional groups attached to an aromatic ring is 1. The number of thioether (sulfide) groups is 1.